The van der Waals surface area contributed by atoms with Crippen molar-refractivity contribution < 1.29 is 27.8 Å². The summed E-state index contributed by atoms with van der Waals surface area (Å²) in [5.74, 6) is -0.850. The van der Waals surface area contributed by atoms with Crippen LogP contribution in [0.15, 0.2) is 18.2 Å². The van der Waals surface area contributed by atoms with Crippen LogP contribution in [0.2, 0.25) is 0 Å². The fourth-order valence-electron chi connectivity index (χ4n) is 2.04. The molecule has 122 valence electrons. The largest absolute Gasteiger partial charge is 0.485 e. The number of rotatable bonds is 6. The van der Waals surface area contributed by atoms with Gasteiger partial charge >= 0.3 is 6.03 Å². The van der Waals surface area contributed by atoms with E-state index in [0.717, 1.165) is 18.6 Å². The predicted octanol–water partition coefficient (Wildman–Crippen LogP) is 2.51. The van der Waals surface area contributed by atoms with E-state index in [4.69, 9.17) is 4.74 Å². The minimum Gasteiger partial charge on any atom is -0.485 e. The highest BCUT2D eigenvalue weighted by molar-refractivity contribution is 5.90. The second kappa shape index (κ2) is 6.87. The van der Waals surface area contributed by atoms with Gasteiger partial charge in [-0.15, -0.1) is 0 Å². The lowest BCUT2D eigenvalue weighted by Crippen LogP contribution is -2.48. The Bertz CT molecular complexity index is 536. The van der Waals surface area contributed by atoms with Crippen LogP contribution in [-0.4, -0.2) is 36.3 Å². The van der Waals surface area contributed by atoms with Crippen molar-refractivity contribution in [2.75, 3.05) is 18.5 Å². The lowest BCUT2D eigenvalue weighted by Gasteiger charge is -2.36. The molecule has 2 rings (SSSR count). The van der Waals surface area contributed by atoms with Crippen LogP contribution in [0.25, 0.3) is 0 Å². The first-order valence-electron chi connectivity index (χ1n) is 6.86. The molecule has 0 atom stereocenters. The summed E-state index contributed by atoms with van der Waals surface area (Å²) in [7, 11) is 0. The first-order valence-corrected chi connectivity index (χ1v) is 6.86. The zero-order chi connectivity index (χ0) is 16.2. The number of hydrogen-bond donors (Lipinski definition) is 3. The first-order chi connectivity index (χ1) is 10.4. The fourth-order valence-corrected chi connectivity index (χ4v) is 2.04. The number of anilines is 1. The highest BCUT2D eigenvalue weighted by Gasteiger charge is 2.34. The molecule has 1 fully saturated rings. The molecule has 0 aliphatic heterocycles. The average Bonchev–Trinajstić information content (AvgIpc) is 2.43. The minimum absolute atomic E-state index is 0.0696. The summed E-state index contributed by atoms with van der Waals surface area (Å²) < 4.78 is 42.2. The standard InChI is InChI=1S/C14H17F3N2O3/c15-9-2-3-10(11(6-9)22-7-12(16)17)19-13(20)18-8-14(21)4-1-5-14/h2-3,6,12,21H,1,4-5,7-8H2,(H2,18,19,20). The Kier molecular flexibility index (Phi) is 5.12. The molecule has 1 aromatic carbocycles. The summed E-state index contributed by atoms with van der Waals surface area (Å²) in [5.41, 5.74) is -0.810. The summed E-state index contributed by atoms with van der Waals surface area (Å²) in [6.07, 6.45) is -0.569. The van der Waals surface area contributed by atoms with Crippen molar-refractivity contribution in [2.24, 2.45) is 0 Å². The minimum atomic E-state index is -2.71. The predicted molar refractivity (Wildman–Crippen MR) is 73.7 cm³/mol. The van der Waals surface area contributed by atoms with Crippen LogP contribution in [0, 0.1) is 5.82 Å². The summed E-state index contributed by atoms with van der Waals surface area (Å²) in [5, 5.41) is 14.7. The molecule has 1 aliphatic carbocycles. The molecule has 8 heteroatoms. The Morgan fingerprint density at radius 3 is 2.73 bits per heavy atom. The van der Waals surface area contributed by atoms with E-state index in [0.29, 0.717) is 12.8 Å². The van der Waals surface area contributed by atoms with Crippen molar-refractivity contribution in [2.45, 2.75) is 31.3 Å². The molecule has 0 spiro atoms. The third kappa shape index (κ3) is 4.52. The number of carbonyl (C=O) groups is 1. The molecule has 0 aromatic heterocycles. The Balaban J connectivity index is 1.93. The molecule has 0 saturated heterocycles. The molecule has 5 nitrogen and oxygen atoms in total. The van der Waals surface area contributed by atoms with Gasteiger partial charge in [-0.3, -0.25) is 0 Å². The zero-order valence-electron chi connectivity index (χ0n) is 11.7. The van der Waals surface area contributed by atoms with Crippen LogP contribution in [-0.2, 0) is 0 Å². The Hall–Kier alpha value is -1.96. The molecular weight excluding hydrogens is 301 g/mol. The van der Waals surface area contributed by atoms with E-state index in [1.54, 1.807) is 0 Å². The maximum absolute atomic E-state index is 13.1. The van der Waals surface area contributed by atoms with E-state index < -0.39 is 30.5 Å². The molecule has 0 bridgehead atoms. The maximum Gasteiger partial charge on any atom is 0.319 e. The first kappa shape index (κ1) is 16.4. The quantitative estimate of drug-likeness (QED) is 0.755. The van der Waals surface area contributed by atoms with E-state index in [2.05, 4.69) is 10.6 Å². The molecule has 1 saturated carbocycles. The third-order valence-electron chi connectivity index (χ3n) is 3.42. The molecule has 0 radical (unpaired) electrons. The second-order valence-electron chi connectivity index (χ2n) is 5.23. The van der Waals surface area contributed by atoms with E-state index in [1.165, 1.54) is 6.07 Å². The topological polar surface area (TPSA) is 70.6 Å². The molecule has 2 amide bonds. The normalized spacial score (nSPS) is 16.0. The Morgan fingerprint density at radius 1 is 1.41 bits per heavy atom. The van der Waals surface area contributed by atoms with E-state index >= 15 is 0 Å². The van der Waals surface area contributed by atoms with Gasteiger partial charge < -0.3 is 20.5 Å². The number of urea groups is 1. The number of halogens is 3. The highest BCUT2D eigenvalue weighted by Crippen LogP contribution is 2.30. The fraction of sp³-hybridized carbons (Fsp3) is 0.500. The van der Waals surface area contributed by atoms with Gasteiger partial charge in [-0.05, 0) is 31.4 Å². The summed E-state index contributed by atoms with van der Waals surface area (Å²) >= 11 is 0. The van der Waals surface area contributed by atoms with Gasteiger partial charge in [0.05, 0.1) is 11.3 Å². The van der Waals surface area contributed by atoms with E-state index in [9.17, 15) is 23.1 Å². The van der Waals surface area contributed by atoms with Gasteiger partial charge in [0.2, 0.25) is 0 Å². The van der Waals surface area contributed by atoms with Gasteiger partial charge in [0.25, 0.3) is 6.43 Å². The Labute approximate surface area is 125 Å². The molecule has 3 N–H and O–H groups in total. The number of benzene rings is 1. The summed E-state index contributed by atoms with van der Waals surface area (Å²) in [4.78, 5) is 11.7. The van der Waals surface area contributed by atoms with Crippen molar-refractivity contribution in [3.05, 3.63) is 24.0 Å². The maximum atomic E-state index is 13.1. The van der Waals surface area contributed by atoms with Gasteiger partial charge in [-0.25, -0.2) is 18.0 Å². The number of amides is 2. The zero-order valence-corrected chi connectivity index (χ0v) is 11.7. The number of carbonyl (C=O) groups excluding carboxylic acids is 1. The molecule has 1 aliphatic rings. The van der Waals surface area contributed by atoms with E-state index in [-0.39, 0.29) is 18.0 Å². The number of aliphatic hydroxyl groups is 1. The molecule has 0 heterocycles. The van der Waals surface area contributed by atoms with Crippen molar-refractivity contribution in [3.63, 3.8) is 0 Å². The highest BCUT2D eigenvalue weighted by atomic mass is 19.3. The third-order valence-corrected chi connectivity index (χ3v) is 3.42. The summed E-state index contributed by atoms with van der Waals surface area (Å²) in [6.45, 7) is -0.813. The van der Waals surface area contributed by atoms with Gasteiger partial charge in [-0.1, -0.05) is 0 Å². The van der Waals surface area contributed by atoms with Crippen LogP contribution in [0.3, 0.4) is 0 Å². The van der Waals surface area contributed by atoms with Gasteiger partial charge in [0.1, 0.15) is 18.2 Å². The van der Waals surface area contributed by atoms with Crippen molar-refractivity contribution >= 4 is 11.7 Å². The molecular formula is C14H17F3N2O3. The van der Waals surface area contributed by atoms with Crippen molar-refractivity contribution in [1.29, 1.82) is 0 Å². The average molecular weight is 318 g/mol. The van der Waals surface area contributed by atoms with Crippen LogP contribution in [0.4, 0.5) is 23.7 Å². The number of ether oxygens (including phenoxy) is 1. The summed E-state index contributed by atoms with van der Waals surface area (Å²) in [6, 6.07) is 2.57. The van der Waals surface area contributed by atoms with Crippen LogP contribution < -0.4 is 15.4 Å². The van der Waals surface area contributed by atoms with Gasteiger partial charge in [0, 0.05) is 12.6 Å². The second-order valence-corrected chi connectivity index (χ2v) is 5.23. The molecule has 1 aromatic rings. The smallest absolute Gasteiger partial charge is 0.319 e. The van der Waals surface area contributed by atoms with Gasteiger partial charge in [-0.2, -0.15) is 0 Å². The number of alkyl halides is 2. The van der Waals surface area contributed by atoms with Gasteiger partial charge in [0.15, 0.2) is 0 Å². The Morgan fingerprint density at radius 2 is 2.14 bits per heavy atom. The van der Waals surface area contributed by atoms with Crippen molar-refractivity contribution in [1.82, 2.24) is 5.32 Å². The van der Waals surface area contributed by atoms with Crippen molar-refractivity contribution in [3.8, 4) is 5.75 Å². The molecule has 22 heavy (non-hydrogen) atoms. The lowest BCUT2D eigenvalue weighted by atomic mass is 9.80. The lowest BCUT2D eigenvalue weighted by molar-refractivity contribution is -0.0287. The van der Waals surface area contributed by atoms with E-state index in [1.807, 2.05) is 0 Å². The number of hydrogen-bond acceptors (Lipinski definition) is 3. The SMILES string of the molecule is O=C(NCC1(O)CCC1)Nc1ccc(F)cc1OCC(F)F. The number of nitrogens with one attached hydrogen (secondary N) is 2. The molecule has 0 unspecified atom stereocenters. The van der Waals surface area contributed by atoms with Crippen LogP contribution in [0.1, 0.15) is 19.3 Å². The monoisotopic (exact) mass is 318 g/mol. The van der Waals surface area contributed by atoms with Crippen LogP contribution >= 0.6 is 0 Å². The van der Waals surface area contributed by atoms with Crippen LogP contribution in [0.5, 0.6) is 5.75 Å².